The van der Waals surface area contributed by atoms with Gasteiger partial charge >= 0.3 is 0 Å². The summed E-state index contributed by atoms with van der Waals surface area (Å²) in [4.78, 5) is 0. The number of benzene rings is 1. The van der Waals surface area contributed by atoms with Crippen molar-refractivity contribution >= 4 is 0 Å². The zero-order chi connectivity index (χ0) is 19.6. The van der Waals surface area contributed by atoms with E-state index in [4.69, 9.17) is 33.5 Å². The van der Waals surface area contributed by atoms with Gasteiger partial charge in [0.15, 0.2) is 11.5 Å². The molecular formula is C24H30O3. The second-order valence-corrected chi connectivity index (χ2v) is 6.11. The summed E-state index contributed by atoms with van der Waals surface area (Å²) >= 11 is 0. The summed E-state index contributed by atoms with van der Waals surface area (Å²) < 4.78 is 17.8. The van der Waals surface area contributed by atoms with Crippen molar-refractivity contribution in [2.45, 2.75) is 57.8 Å². The highest BCUT2D eigenvalue weighted by Gasteiger charge is 2.13. The summed E-state index contributed by atoms with van der Waals surface area (Å²) in [6.07, 6.45) is 23.7. The minimum Gasteiger partial charge on any atom is -0.490 e. The van der Waals surface area contributed by atoms with Gasteiger partial charge in [-0.2, -0.15) is 0 Å². The van der Waals surface area contributed by atoms with Crippen LogP contribution in [0.25, 0.3) is 0 Å². The van der Waals surface area contributed by atoms with E-state index in [0.29, 0.717) is 37.1 Å². The molecule has 0 heterocycles. The highest BCUT2D eigenvalue weighted by atomic mass is 16.5. The van der Waals surface area contributed by atoms with E-state index in [1.54, 1.807) is 0 Å². The van der Waals surface area contributed by atoms with Gasteiger partial charge in [0.1, 0.15) is 0 Å². The van der Waals surface area contributed by atoms with E-state index >= 15 is 0 Å². The Morgan fingerprint density at radius 1 is 0.593 bits per heavy atom. The first kappa shape index (κ1) is 22.3. The maximum Gasteiger partial charge on any atom is 0.203 e. The van der Waals surface area contributed by atoms with Gasteiger partial charge in [0.05, 0.1) is 19.8 Å². The molecule has 0 N–H and O–H groups in total. The molecule has 144 valence electrons. The van der Waals surface area contributed by atoms with E-state index in [9.17, 15) is 0 Å². The van der Waals surface area contributed by atoms with Crippen molar-refractivity contribution in [2.75, 3.05) is 19.8 Å². The predicted octanol–water partition coefficient (Wildman–Crippen LogP) is 5.23. The van der Waals surface area contributed by atoms with Gasteiger partial charge in [-0.1, -0.05) is 6.07 Å². The van der Waals surface area contributed by atoms with Gasteiger partial charge in [0.2, 0.25) is 5.75 Å². The fraction of sp³-hybridized carbons (Fsp3) is 0.500. The van der Waals surface area contributed by atoms with Crippen LogP contribution in [-0.2, 0) is 0 Å². The van der Waals surface area contributed by atoms with E-state index in [1.807, 2.05) is 18.2 Å². The molecule has 0 atom stereocenters. The highest BCUT2D eigenvalue weighted by Crippen LogP contribution is 2.37. The highest BCUT2D eigenvalue weighted by molar-refractivity contribution is 5.51. The smallest absolute Gasteiger partial charge is 0.203 e. The zero-order valence-electron chi connectivity index (χ0n) is 16.2. The van der Waals surface area contributed by atoms with Crippen LogP contribution in [0, 0.1) is 37.0 Å². The number of terminal acetylenes is 3. The van der Waals surface area contributed by atoms with E-state index < -0.39 is 0 Å². The van der Waals surface area contributed by atoms with Gasteiger partial charge in [-0.05, 0) is 50.7 Å². The Morgan fingerprint density at radius 2 is 1.00 bits per heavy atom. The minimum absolute atomic E-state index is 0.576. The summed E-state index contributed by atoms with van der Waals surface area (Å²) in [6.45, 7) is 1.77. The van der Waals surface area contributed by atoms with Crippen molar-refractivity contribution in [3.63, 3.8) is 0 Å². The van der Waals surface area contributed by atoms with Crippen LogP contribution in [0.5, 0.6) is 17.2 Å². The van der Waals surface area contributed by atoms with Crippen molar-refractivity contribution in [1.29, 1.82) is 0 Å². The molecular weight excluding hydrogens is 336 g/mol. The van der Waals surface area contributed by atoms with Gasteiger partial charge in [-0.15, -0.1) is 37.0 Å². The average molecular weight is 367 g/mol. The fourth-order valence-electron chi connectivity index (χ4n) is 2.39. The van der Waals surface area contributed by atoms with Gasteiger partial charge in [-0.25, -0.2) is 0 Å². The zero-order valence-corrected chi connectivity index (χ0v) is 16.2. The van der Waals surface area contributed by atoms with Crippen LogP contribution in [0.2, 0.25) is 0 Å². The maximum absolute atomic E-state index is 5.99. The monoisotopic (exact) mass is 366 g/mol. The lowest BCUT2D eigenvalue weighted by Crippen LogP contribution is -2.06. The average Bonchev–Trinajstić information content (AvgIpc) is 2.68. The van der Waals surface area contributed by atoms with Gasteiger partial charge < -0.3 is 14.2 Å². The van der Waals surface area contributed by atoms with Crippen LogP contribution in [-0.4, -0.2) is 19.8 Å². The number of hydrogen-bond acceptors (Lipinski definition) is 3. The van der Waals surface area contributed by atoms with Gasteiger partial charge in [0, 0.05) is 19.3 Å². The normalized spacial score (nSPS) is 9.67. The lowest BCUT2D eigenvalue weighted by atomic mass is 10.2. The molecule has 0 saturated carbocycles. The predicted molar refractivity (Wildman–Crippen MR) is 111 cm³/mol. The van der Waals surface area contributed by atoms with E-state index in [0.717, 1.165) is 57.8 Å². The van der Waals surface area contributed by atoms with Crippen molar-refractivity contribution in [3.05, 3.63) is 18.2 Å². The number of para-hydroxylation sites is 1. The third-order valence-electron chi connectivity index (χ3n) is 3.85. The molecule has 1 aromatic rings. The quantitative estimate of drug-likeness (QED) is 0.314. The topological polar surface area (TPSA) is 27.7 Å². The van der Waals surface area contributed by atoms with E-state index in [-0.39, 0.29) is 0 Å². The molecule has 3 heteroatoms. The van der Waals surface area contributed by atoms with Gasteiger partial charge in [0.25, 0.3) is 0 Å². The second-order valence-electron chi connectivity index (χ2n) is 6.11. The Bertz CT molecular complexity index is 601. The first-order chi connectivity index (χ1) is 13.3. The summed E-state index contributed by atoms with van der Waals surface area (Å²) in [5.41, 5.74) is 0. The molecule has 1 aromatic carbocycles. The standard InChI is InChI=1S/C24H30O3/c1-4-7-10-13-19-25-22-17-16-18-23(26-20-14-11-8-5-2)24(22)27-21-15-12-9-6-3/h1-3,16-18H,7-15,19-21H2. The lowest BCUT2D eigenvalue weighted by Gasteiger charge is -2.17. The molecule has 0 saturated heterocycles. The Kier molecular flexibility index (Phi) is 12.9. The maximum atomic E-state index is 5.99. The summed E-state index contributed by atoms with van der Waals surface area (Å²) in [6, 6.07) is 5.73. The third kappa shape index (κ3) is 10.1. The van der Waals surface area contributed by atoms with Crippen LogP contribution in [0.1, 0.15) is 57.8 Å². The van der Waals surface area contributed by atoms with Crippen molar-refractivity contribution < 1.29 is 14.2 Å². The van der Waals surface area contributed by atoms with Crippen LogP contribution < -0.4 is 14.2 Å². The third-order valence-corrected chi connectivity index (χ3v) is 3.85. The van der Waals surface area contributed by atoms with Crippen molar-refractivity contribution in [3.8, 4) is 54.3 Å². The summed E-state index contributed by atoms with van der Waals surface area (Å²) in [7, 11) is 0. The van der Waals surface area contributed by atoms with Crippen LogP contribution >= 0.6 is 0 Å². The molecule has 0 spiro atoms. The van der Waals surface area contributed by atoms with Gasteiger partial charge in [-0.3, -0.25) is 0 Å². The summed E-state index contributed by atoms with van der Waals surface area (Å²) in [5.74, 6) is 10.00. The molecule has 3 nitrogen and oxygen atoms in total. The molecule has 0 aromatic heterocycles. The van der Waals surface area contributed by atoms with E-state index in [1.165, 1.54) is 0 Å². The number of rotatable bonds is 15. The van der Waals surface area contributed by atoms with Crippen molar-refractivity contribution in [1.82, 2.24) is 0 Å². The minimum atomic E-state index is 0.576. The molecule has 0 unspecified atom stereocenters. The van der Waals surface area contributed by atoms with Crippen LogP contribution in [0.3, 0.4) is 0 Å². The van der Waals surface area contributed by atoms with Crippen LogP contribution in [0.15, 0.2) is 18.2 Å². The molecule has 0 aliphatic heterocycles. The van der Waals surface area contributed by atoms with Crippen LogP contribution in [0.4, 0.5) is 0 Å². The number of unbranched alkanes of at least 4 members (excludes halogenated alkanes) is 6. The number of ether oxygens (including phenoxy) is 3. The largest absolute Gasteiger partial charge is 0.490 e. The molecule has 1 rings (SSSR count). The van der Waals surface area contributed by atoms with Crippen molar-refractivity contribution in [2.24, 2.45) is 0 Å². The molecule has 0 fully saturated rings. The van der Waals surface area contributed by atoms with E-state index in [2.05, 4.69) is 17.8 Å². The fourth-order valence-corrected chi connectivity index (χ4v) is 2.39. The lowest BCUT2D eigenvalue weighted by molar-refractivity contribution is 0.236. The Balaban J connectivity index is 2.65. The SMILES string of the molecule is C#CCCCCOc1cccc(OCCCCC#C)c1OCCCCC#C. The Labute approximate surface area is 164 Å². The molecule has 0 aliphatic carbocycles. The first-order valence-corrected chi connectivity index (χ1v) is 9.65. The molecule has 27 heavy (non-hydrogen) atoms. The number of hydrogen-bond donors (Lipinski definition) is 0. The molecule has 0 amide bonds. The first-order valence-electron chi connectivity index (χ1n) is 9.65. The Hall–Kier alpha value is -2.70. The second kappa shape index (κ2) is 15.5. The Morgan fingerprint density at radius 3 is 1.41 bits per heavy atom. The molecule has 0 bridgehead atoms. The summed E-state index contributed by atoms with van der Waals surface area (Å²) in [5, 5.41) is 0. The molecule has 0 radical (unpaired) electrons. The molecule has 0 aliphatic rings.